The van der Waals surface area contributed by atoms with Crippen LogP contribution in [0.5, 0.6) is 11.5 Å². The number of hydrogen-bond acceptors (Lipinski definition) is 5. The van der Waals surface area contributed by atoms with Gasteiger partial charge in [0.05, 0.1) is 6.61 Å². The predicted molar refractivity (Wildman–Crippen MR) is 109 cm³/mol. The molecule has 0 saturated heterocycles. The van der Waals surface area contributed by atoms with Gasteiger partial charge in [-0.2, -0.15) is 13.9 Å². The largest absolute Gasteiger partial charge is 0.513 e. The van der Waals surface area contributed by atoms with E-state index in [9.17, 15) is 31.3 Å². The van der Waals surface area contributed by atoms with Crippen molar-refractivity contribution in [3.8, 4) is 11.5 Å². The van der Waals surface area contributed by atoms with Crippen LogP contribution in [-0.4, -0.2) is 18.6 Å². The number of halogens is 5. The molecule has 0 fully saturated rings. The van der Waals surface area contributed by atoms with Crippen LogP contribution in [0.1, 0.15) is 33.6 Å². The van der Waals surface area contributed by atoms with E-state index in [0.29, 0.717) is 0 Å². The molecule has 0 bridgehead atoms. The van der Waals surface area contributed by atoms with Crippen LogP contribution in [-0.2, 0) is 14.1 Å². The van der Waals surface area contributed by atoms with Gasteiger partial charge in [-0.25, -0.2) is 17.7 Å². The first-order chi connectivity index (χ1) is 15.5. The molecule has 0 radical (unpaired) electrons. The Morgan fingerprint density at radius 1 is 0.909 bits per heavy atom. The van der Waals surface area contributed by atoms with Crippen molar-refractivity contribution in [3.63, 3.8) is 0 Å². The third-order valence-electron chi connectivity index (χ3n) is 4.67. The van der Waals surface area contributed by atoms with Crippen molar-refractivity contribution >= 4 is 13.7 Å². The number of carbonyl (C=O) groups is 1. The minimum Gasteiger partial charge on any atom is -0.464 e. The first kappa shape index (κ1) is 26.6. The van der Waals surface area contributed by atoms with Crippen molar-refractivity contribution in [1.29, 1.82) is 0 Å². The normalized spacial score (nSPS) is 14.0. The SMILES string of the molecule is CCC(CC)COC(=O)C(C)N[P@@](=O)(Oc1ccccc1)Oc1c(F)c(F)c(F)c(F)c1F. The standard InChI is InChI=1S/C21H23F5NO5P/c1-4-13(5-2)11-30-21(28)12(3)27-33(29,31-14-9-7-6-8-10-14)32-20-18(25)16(23)15(22)17(24)19(20)26/h6-10,12-13H,4-5,11H2,1-3H3,(H,27,29)/t12?,33-/m1/s1. The molecule has 0 heterocycles. The highest BCUT2D eigenvalue weighted by Gasteiger charge is 2.38. The van der Waals surface area contributed by atoms with Gasteiger partial charge in [0, 0.05) is 0 Å². The van der Waals surface area contributed by atoms with E-state index in [1.54, 1.807) is 6.07 Å². The van der Waals surface area contributed by atoms with Gasteiger partial charge in [-0.15, -0.1) is 0 Å². The molecule has 0 spiro atoms. The zero-order chi connectivity index (χ0) is 24.8. The second kappa shape index (κ2) is 11.5. The average molecular weight is 495 g/mol. The van der Waals surface area contributed by atoms with Gasteiger partial charge < -0.3 is 13.8 Å². The third kappa shape index (κ3) is 6.68. The van der Waals surface area contributed by atoms with Crippen LogP contribution in [0, 0.1) is 35.0 Å². The summed E-state index contributed by atoms with van der Waals surface area (Å²) in [4.78, 5) is 12.3. The minimum absolute atomic E-state index is 0.0696. The number of ether oxygens (including phenoxy) is 1. The van der Waals surface area contributed by atoms with E-state index in [-0.39, 0.29) is 18.3 Å². The molecule has 182 valence electrons. The van der Waals surface area contributed by atoms with Crippen molar-refractivity contribution in [2.75, 3.05) is 6.61 Å². The van der Waals surface area contributed by atoms with Crippen LogP contribution in [0.2, 0.25) is 0 Å². The number of nitrogens with one attached hydrogen (secondary N) is 1. The zero-order valence-electron chi connectivity index (χ0n) is 18.0. The van der Waals surface area contributed by atoms with Crippen LogP contribution in [0.25, 0.3) is 0 Å². The molecule has 0 saturated carbocycles. The molecule has 1 unspecified atom stereocenters. The maximum absolute atomic E-state index is 14.1. The van der Waals surface area contributed by atoms with Gasteiger partial charge in [0.2, 0.25) is 34.8 Å². The van der Waals surface area contributed by atoms with Crippen LogP contribution in [0.4, 0.5) is 22.0 Å². The molecule has 0 aliphatic rings. The van der Waals surface area contributed by atoms with Gasteiger partial charge >= 0.3 is 13.7 Å². The highest BCUT2D eigenvalue weighted by molar-refractivity contribution is 7.52. The maximum atomic E-state index is 14.1. The molecule has 6 nitrogen and oxygen atoms in total. The summed E-state index contributed by atoms with van der Waals surface area (Å²) < 4.78 is 97.0. The Hall–Kier alpha value is -2.65. The lowest BCUT2D eigenvalue weighted by Crippen LogP contribution is -2.36. The Labute approximate surface area is 187 Å². The van der Waals surface area contributed by atoms with E-state index < -0.39 is 54.6 Å². The van der Waals surface area contributed by atoms with Crippen LogP contribution < -0.4 is 14.1 Å². The summed E-state index contributed by atoms with van der Waals surface area (Å²) in [6.45, 7) is 5.09. The van der Waals surface area contributed by atoms with Gasteiger partial charge in [0.25, 0.3) is 0 Å². The topological polar surface area (TPSA) is 73.9 Å². The lowest BCUT2D eigenvalue weighted by molar-refractivity contribution is -0.146. The highest BCUT2D eigenvalue weighted by atomic mass is 31.2. The van der Waals surface area contributed by atoms with E-state index in [0.717, 1.165) is 12.8 Å². The fraction of sp³-hybridized carbons (Fsp3) is 0.381. The van der Waals surface area contributed by atoms with Crippen LogP contribution >= 0.6 is 7.75 Å². The Morgan fingerprint density at radius 2 is 1.42 bits per heavy atom. The lowest BCUT2D eigenvalue weighted by atomic mass is 10.1. The molecule has 0 amide bonds. The molecule has 12 heteroatoms. The van der Waals surface area contributed by atoms with Gasteiger partial charge in [0.15, 0.2) is 0 Å². The second-order valence-electron chi connectivity index (χ2n) is 7.06. The number of carbonyl (C=O) groups excluding carboxylic acids is 1. The van der Waals surface area contributed by atoms with Crippen molar-refractivity contribution < 1.29 is 45.1 Å². The molecule has 0 aliphatic carbocycles. The van der Waals surface area contributed by atoms with Crippen molar-refractivity contribution in [2.45, 2.75) is 39.7 Å². The van der Waals surface area contributed by atoms with E-state index in [2.05, 4.69) is 5.09 Å². The lowest BCUT2D eigenvalue weighted by Gasteiger charge is -2.24. The molecule has 2 atom stereocenters. The first-order valence-electron chi connectivity index (χ1n) is 10.0. The molecule has 2 aromatic carbocycles. The third-order valence-corrected chi connectivity index (χ3v) is 6.25. The molecule has 33 heavy (non-hydrogen) atoms. The van der Waals surface area contributed by atoms with Crippen molar-refractivity contribution in [3.05, 3.63) is 59.4 Å². The fourth-order valence-corrected chi connectivity index (χ4v) is 4.14. The summed E-state index contributed by atoms with van der Waals surface area (Å²) in [7, 11) is -4.93. The maximum Gasteiger partial charge on any atom is 0.513 e. The second-order valence-corrected chi connectivity index (χ2v) is 8.67. The Morgan fingerprint density at radius 3 is 1.94 bits per heavy atom. The predicted octanol–water partition coefficient (Wildman–Crippen LogP) is 5.91. The van der Waals surface area contributed by atoms with Crippen LogP contribution in [0.3, 0.4) is 0 Å². The minimum atomic E-state index is -4.93. The van der Waals surface area contributed by atoms with Gasteiger partial charge in [-0.3, -0.25) is 4.79 Å². The van der Waals surface area contributed by atoms with Crippen LogP contribution in [0.15, 0.2) is 30.3 Å². The van der Waals surface area contributed by atoms with Crippen molar-refractivity contribution in [1.82, 2.24) is 5.09 Å². The van der Waals surface area contributed by atoms with Gasteiger partial charge in [-0.1, -0.05) is 44.9 Å². The molecule has 2 aromatic rings. The van der Waals surface area contributed by atoms with Gasteiger partial charge in [-0.05, 0) is 25.0 Å². The summed E-state index contributed by atoms with van der Waals surface area (Å²) >= 11 is 0. The summed E-state index contributed by atoms with van der Waals surface area (Å²) in [5.74, 6) is -14.5. The number of rotatable bonds is 11. The zero-order valence-corrected chi connectivity index (χ0v) is 18.9. The van der Waals surface area contributed by atoms with E-state index >= 15 is 0 Å². The monoisotopic (exact) mass is 495 g/mol. The summed E-state index contributed by atoms with van der Waals surface area (Å²) in [5.41, 5.74) is 0. The number of esters is 1. The Kier molecular flexibility index (Phi) is 9.25. The molecule has 0 aromatic heterocycles. The summed E-state index contributed by atoms with van der Waals surface area (Å²) in [6, 6.07) is 5.71. The molecule has 2 rings (SSSR count). The Balaban J connectivity index is 2.34. The summed E-state index contributed by atoms with van der Waals surface area (Å²) in [6.07, 6.45) is 1.48. The Bertz CT molecular complexity index is 991. The smallest absolute Gasteiger partial charge is 0.464 e. The number of benzene rings is 2. The number of para-hydroxylation sites is 1. The number of hydrogen-bond donors (Lipinski definition) is 1. The van der Waals surface area contributed by atoms with Gasteiger partial charge in [0.1, 0.15) is 11.8 Å². The summed E-state index contributed by atoms with van der Waals surface area (Å²) in [5, 5.41) is 2.12. The quantitative estimate of drug-likeness (QED) is 0.138. The molecular weight excluding hydrogens is 472 g/mol. The van der Waals surface area contributed by atoms with Crippen molar-refractivity contribution in [2.24, 2.45) is 5.92 Å². The molecule has 1 N–H and O–H groups in total. The van der Waals surface area contributed by atoms with E-state index in [1.165, 1.54) is 31.2 Å². The molecule has 0 aliphatic heterocycles. The average Bonchev–Trinajstić information content (AvgIpc) is 2.80. The van der Waals surface area contributed by atoms with E-state index in [4.69, 9.17) is 13.8 Å². The highest BCUT2D eigenvalue weighted by Crippen LogP contribution is 2.47. The molecular formula is C21H23F5NO5P. The first-order valence-corrected chi connectivity index (χ1v) is 11.6. The van der Waals surface area contributed by atoms with E-state index in [1.807, 2.05) is 13.8 Å². The fourth-order valence-electron chi connectivity index (χ4n) is 2.62.